The molecule has 0 saturated carbocycles. The number of aryl methyl sites for hydroxylation is 3. The summed E-state index contributed by atoms with van der Waals surface area (Å²) in [4.78, 5) is 41.6. The van der Waals surface area contributed by atoms with Gasteiger partial charge in [-0.3, -0.25) is 9.59 Å². The highest BCUT2D eigenvalue weighted by molar-refractivity contribution is 6.32. The van der Waals surface area contributed by atoms with E-state index in [-0.39, 0.29) is 24.0 Å². The van der Waals surface area contributed by atoms with Crippen molar-refractivity contribution in [3.63, 3.8) is 0 Å². The second-order valence-electron chi connectivity index (χ2n) is 10.2. The standard InChI is InChI=1S/C33H31NO4/c1-21-16-22(2)29(23(3)17-21)30-28(38-33(37)26-12-8-5-9-13-26)19-27(31(30)35)18-24-14-15-34(20-24)32(36)25-10-6-4-7-11-25/h4-13,16-18,24H,14-15,19-20H2,1-3H3/b27-18+. The van der Waals surface area contributed by atoms with E-state index in [0.29, 0.717) is 41.1 Å². The third kappa shape index (κ3) is 5.10. The monoisotopic (exact) mass is 505 g/mol. The molecule has 0 aromatic heterocycles. The van der Waals surface area contributed by atoms with Crippen molar-refractivity contribution in [2.75, 3.05) is 13.1 Å². The Labute approximate surface area is 223 Å². The Bertz CT molecular complexity index is 1440. The first-order valence-electron chi connectivity index (χ1n) is 13.0. The lowest BCUT2D eigenvalue weighted by atomic mass is 9.91. The summed E-state index contributed by atoms with van der Waals surface area (Å²) in [6, 6.07) is 22.2. The maximum atomic E-state index is 13.9. The maximum Gasteiger partial charge on any atom is 0.343 e. The molecule has 2 aliphatic rings. The van der Waals surface area contributed by atoms with Crippen molar-refractivity contribution < 1.29 is 19.1 Å². The molecule has 3 aromatic carbocycles. The molecule has 1 aliphatic carbocycles. The van der Waals surface area contributed by atoms with Gasteiger partial charge in [0.1, 0.15) is 5.76 Å². The first kappa shape index (κ1) is 25.4. The molecular formula is C33H31NO4. The SMILES string of the molecule is Cc1cc(C)c(C2=C(OC(=O)c3ccccc3)C/C(=C\C3CCN(C(=O)c4ccccc4)C3)C2=O)c(C)c1. The second-order valence-corrected chi connectivity index (χ2v) is 10.2. The van der Waals surface area contributed by atoms with Crippen LogP contribution in [0.5, 0.6) is 0 Å². The second kappa shape index (κ2) is 10.6. The number of esters is 1. The van der Waals surface area contributed by atoms with Crippen molar-refractivity contribution in [3.05, 3.63) is 124 Å². The molecule has 1 heterocycles. The average Bonchev–Trinajstić information content (AvgIpc) is 3.49. The normalized spacial score (nSPS) is 18.4. The molecule has 0 bridgehead atoms. The Hall–Kier alpha value is -4.25. The molecule has 1 amide bonds. The van der Waals surface area contributed by atoms with Gasteiger partial charge in [-0.1, -0.05) is 60.2 Å². The molecule has 0 N–H and O–H groups in total. The number of rotatable bonds is 5. The molecule has 5 rings (SSSR count). The van der Waals surface area contributed by atoms with Gasteiger partial charge in [0.05, 0.1) is 11.1 Å². The van der Waals surface area contributed by atoms with E-state index in [1.165, 1.54) is 0 Å². The number of likely N-dealkylation sites (tertiary alicyclic amines) is 1. The van der Waals surface area contributed by atoms with Gasteiger partial charge in [0.25, 0.3) is 5.91 Å². The summed E-state index contributed by atoms with van der Waals surface area (Å²) in [5.41, 5.74) is 6.07. The zero-order valence-corrected chi connectivity index (χ0v) is 22.0. The Kier molecular flexibility index (Phi) is 7.10. The van der Waals surface area contributed by atoms with Gasteiger partial charge in [-0.2, -0.15) is 0 Å². The Balaban J connectivity index is 1.43. The Morgan fingerprint density at radius 3 is 2.13 bits per heavy atom. The van der Waals surface area contributed by atoms with Gasteiger partial charge in [0, 0.05) is 30.6 Å². The van der Waals surface area contributed by atoms with Crippen molar-refractivity contribution in [2.45, 2.75) is 33.6 Å². The molecule has 1 aliphatic heterocycles. The van der Waals surface area contributed by atoms with Crippen LogP contribution in [0.25, 0.3) is 5.57 Å². The summed E-state index contributed by atoms with van der Waals surface area (Å²) in [7, 11) is 0. The molecule has 1 saturated heterocycles. The number of benzene rings is 3. The van der Waals surface area contributed by atoms with Crippen LogP contribution in [0.15, 0.2) is 90.2 Å². The fraction of sp³-hybridized carbons (Fsp3) is 0.242. The lowest BCUT2D eigenvalue weighted by Crippen LogP contribution is -2.28. The number of hydrogen-bond acceptors (Lipinski definition) is 4. The van der Waals surface area contributed by atoms with Crippen LogP contribution in [0.2, 0.25) is 0 Å². The summed E-state index contributed by atoms with van der Waals surface area (Å²) in [5.74, 6) is -0.127. The summed E-state index contributed by atoms with van der Waals surface area (Å²) in [6.45, 7) is 7.19. The van der Waals surface area contributed by atoms with Crippen LogP contribution in [0.3, 0.4) is 0 Å². The van der Waals surface area contributed by atoms with Gasteiger partial charge in [0.15, 0.2) is 5.78 Å². The fourth-order valence-corrected chi connectivity index (χ4v) is 5.58. The molecule has 0 spiro atoms. The molecule has 0 radical (unpaired) electrons. The van der Waals surface area contributed by atoms with Crippen molar-refractivity contribution in [1.29, 1.82) is 0 Å². The smallest absolute Gasteiger partial charge is 0.343 e. The van der Waals surface area contributed by atoms with Crippen LogP contribution in [-0.2, 0) is 9.53 Å². The molecule has 192 valence electrons. The molecule has 1 atom stereocenters. The van der Waals surface area contributed by atoms with E-state index in [9.17, 15) is 14.4 Å². The van der Waals surface area contributed by atoms with Crippen LogP contribution in [-0.4, -0.2) is 35.6 Å². The van der Waals surface area contributed by atoms with E-state index >= 15 is 0 Å². The minimum Gasteiger partial charge on any atom is -0.426 e. The molecule has 1 unspecified atom stereocenters. The fourth-order valence-electron chi connectivity index (χ4n) is 5.58. The quantitative estimate of drug-likeness (QED) is 0.304. The van der Waals surface area contributed by atoms with Crippen LogP contribution < -0.4 is 0 Å². The van der Waals surface area contributed by atoms with Gasteiger partial charge < -0.3 is 9.64 Å². The number of Topliss-reactive ketones (excluding diaryl/α,β-unsaturated/α-hetero) is 1. The van der Waals surface area contributed by atoms with Crippen molar-refractivity contribution >= 4 is 23.2 Å². The largest absolute Gasteiger partial charge is 0.426 e. The summed E-state index contributed by atoms with van der Waals surface area (Å²) >= 11 is 0. The van der Waals surface area contributed by atoms with Gasteiger partial charge in [0.2, 0.25) is 0 Å². The summed E-state index contributed by atoms with van der Waals surface area (Å²) in [5, 5.41) is 0. The topological polar surface area (TPSA) is 63.7 Å². The number of nitrogens with zero attached hydrogens (tertiary/aromatic N) is 1. The lowest BCUT2D eigenvalue weighted by molar-refractivity contribution is -0.110. The van der Waals surface area contributed by atoms with Gasteiger partial charge in [-0.05, 0) is 74.1 Å². The molecule has 38 heavy (non-hydrogen) atoms. The third-order valence-electron chi connectivity index (χ3n) is 7.27. The van der Waals surface area contributed by atoms with Gasteiger partial charge in [-0.15, -0.1) is 0 Å². The summed E-state index contributed by atoms with van der Waals surface area (Å²) in [6.07, 6.45) is 3.03. The van der Waals surface area contributed by atoms with E-state index in [2.05, 4.69) is 0 Å². The Morgan fingerprint density at radius 1 is 0.895 bits per heavy atom. The van der Waals surface area contributed by atoms with E-state index in [1.807, 2.05) is 80.3 Å². The first-order valence-corrected chi connectivity index (χ1v) is 13.0. The molecule has 5 heteroatoms. The van der Waals surface area contributed by atoms with Crippen LogP contribution in [0, 0.1) is 26.7 Å². The predicted molar refractivity (Wildman–Crippen MR) is 148 cm³/mol. The summed E-state index contributed by atoms with van der Waals surface area (Å²) < 4.78 is 5.90. The maximum absolute atomic E-state index is 13.9. The highest BCUT2D eigenvalue weighted by Gasteiger charge is 2.35. The van der Waals surface area contributed by atoms with E-state index in [0.717, 1.165) is 28.7 Å². The highest BCUT2D eigenvalue weighted by Crippen LogP contribution is 2.40. The predicted octanol–water partition coefficient (Wildman–Crippen LogP) is 6.24. The minimum absolute atomic E-state index is 0.00597. The van der Waals surface area contributed by atoms with Crippen LogP contribution >= 0.6 is 0 Å². The van der Waals surface area contributed by atoms with E-state index in [1.54, 1.807) is 24.3 Å². The number of amides is 1. The number of ketones is 1. The highest BCUT2D eigenvalue weighted by atomic mass is 16.5. The molecule has 5 nitrogen and oxygen atoms in total. The minimum atomic E-state index is -0.477. The molecule has 1 fully saturated rings. The Morgan fingerprint density at radius 2 is 1.50 bits per heavy atom. The van der Waals surface area contributed by atoms with Gasteiger partial charge in [-0.25, -0.2) is 4.79 Å². The van der Waals surface area contributed by atoms with Crippen molar-refractivity contribution in [1.82, 2.24) is 4.90 Å². The number of hydrogen-bond donors (Lipinski definition) is 0. The molecule has 3 aromatic rings. The number of ether oxygens (including phenoxy) is 1. The zero-order chi connectivity index (χ0) is 26.8. The van der Waals surface area contributed by atoms with Gasteiger partial charge >= 0.3 is 5.97 Å². The zero-order valence-electron chi connectivity index (χ0n) is 22.0. The van der Waals surface area contributed by atoms with E-state index < -0.39 is 5.97 Å². The number of carbonyl (C=O) groups excluding carboxylic acids is 3. The number of carbonyl (C=O) groups is 3. The van der Waals surface area contributed by atoms with Crippen LogP contribution in [0.4, 0.5) is 0 Å². The average molecular weight is 506 g/mol. The third-order valence-corrected chi connectivity index (χ3v) is 7.27. The molecular weight excluding hydrogens is 474 g/mol. The van der Waals surface area contributed by atoms with Crippen LogP contribution in [0.1, 0.15) is 55.8 Å². The number of allylic oxidation sites excluding steroid dienone is 2. The first-order chi connectivity index (χ1) is 18.3. The van der Waals surface area contributed by atoms with E-state index in [4.69, 9.17) is 4.74 Å². The van der Waals surface area contributed by atoms with Crippen molar-refractivity contribution in [3.8, 4) is 0 Å². The lowest BCUT2D eigenvalue weighted by Gasteiger charge is -2.16. The van der Waals surface area contributed by atoms with Crippen molar-refractivity contribution in [2.24, 2.45) is 5.92 Å².